The van der Waals surface area contributed by atoms with E-state index in [-0.39, 0.29) is 34.1 Å². The monoisotopic (exact) mass is 390 g/mol. The van der Waals surface area contributed by atoms with Gasteiger partial charge in [0.15, 0.2) is 5.65 Å². The average molecular weight is 390 g/mol. The summed E-state index contributed by atoms with van der Waals surface area (Å²) in [5.41, 5.74) is -2.30. The largest absolute Gasteiger partial charge is 0.417 e. The minimum atomic E-state index is -4.55. The third kappa shape index (κ3) is 3.88. The summed E-state index contributed by atoms with van der Waals surface area (Å²) in [5, 5.41) is 2.58. The highest BCUT2D eigenvalue weighted by atomic mass is 19.4. The Morgan fingerprint density at radius 3 is 2.36 bits per heavy atom. The summed E-state index contributed by atoms with van der Waals surface area (Å²) in [6, 6.07) is 7.70. The van der Waals surface area contributed by atoms with Crippen LogP contribution in [0.2, 0.25) is 0 Å². The van der Waals surface area contributed by atoms with Crippen molar-refractivity contribution in [2.24, 2.45) is 5.41 Å². The minimum absolute atomic E-state index is 0.0200. The zero-order valence-electron chi connectivity index (χ0n) is 15.3. The van der Waals surface area contributed by atoms with E-state index in [1.807, 2.05) is 0 Å². The van der Waals surface area contributed by atoms with Crippen LogP contribution in [0.4, 0.5) is 19.1 Å². The maximum atomic E-state index is 13.3. The molecular formula is C19H17F3N4O2. The highest BCUT2D eigenvalue weighted by Gasteiger charge is 2.33. The smallest absolute Gasteiger partial charge is 0.296 e. The van der Waals surface area contributed by atoms with Gasteiger partial charge in [-0.3, -0.25) is 19.9 Å². The Morgan fingerprint density at radius 2 is 1.71 bits per heavy atom. The first-order valence-electron chi connectivity index (χ1n) is 8.36. The summed E-state index contributed by atoms with van der Waals surface area (Å²) in [6.45, 7) is 5.06. The quantitative estimate of drug-likeness (QED) is 0.693. The zero-order chi connectivity index (χ0) is 20.7. The number of carbonyl (C=O) groups is 1. The van der Waals surface area contributed by atoms with Gasteiger partial charge < -0.3 is 0 Å². The van der Waals surface area contributed by atoms with Gasteiger partial charge in [-0.2, -0.15) is 18.2 Å². The lowest BCUT2D eigenvalue weighted by Gasteiger charge is -2.17. The second-order valence-electron chi connectivity index (χ2n) is 7.23. The number of H-pyrrole nitrogens is 1. The molecule has 1 amide bonds. The molecule has 28 heavy (non-hydrogen) atoms. The van der Waals surface area contributed by atoms with Crippen molar-refractivity contribution in [1.82, 2.24) is 15.0 Å². The van der Waals surface area contributed by atoms with E-state index in [4.69, 9.17) is 0 Å². The summed E-state index contributed by atoms with van der Waals surface area (Å²) >= 11 is 0. The van der Waals surface area contributed by atoms with Crippen molar-refractivity contribution in [1.29, 1.82) is 0 Å². The number of nitrogens with zero attached hydrogens (tertiary/aromatic N) is 2. The Kier molecular flexibility index (Phi) is 4.70. The molecular weight excluding hydrogens is 373 g/mol. The summed E-state index contributed by atoms with van der Waals surface area (Å²) in [7, 11) is 0. The highest BCUT2D eigenvalue weighted by molar-refractivity contribution is 5.93. The lowest BCUT2D eigenvalue weighted by molar-refractivity contribution is -0.137. The van der Waals surface area contributed by atoms with Gasteiger partial charge in [-0.15, -0.1) is 0 Å². The summed E-state index contributed by atoms with van der Waals surface area (Å²) in [4.78, 5) is 35.0. The van der Waals surface area contributed by atoms with Gasteiger partial charge in [0.25, 0.3) is 5.56 Å². The number of rotatable bonds is 2. The maximum absolute atomic E-state index is 13.3. The van der Waals surface area contributed by atoms with Crippen LogP contribution >= 0.6 is 0 Å². The molecule has 3 rings (SSSR count). The molecule has 6 nitrogen and oxygen atoms in total. The van der Waals surface area contributed by atoms with Crippen LogP contribution in [0.25, 0.3) is 22.3 Å². The average Bonchev–Trinajstić information content (AvgIpc) is 2.59. The molecule has 0 bridgehead atoms. The fourth-order valence-electron chi connectivity index (χ4n) is 2.48. The Labute approximate surface area is 157 Å². The fraction of sp³-hybridized carbons (Fsp3) is 0.263. The van der Waals surface area contributed by atoms with Gasteiger partial charge in [0.1, 0.15) is 0 Å². The number of benzene rings is 1. The normalized spacial score (nSPS) is 12.2. The number of nitrogens with one attached hydrogen (secondary N) is 2. The van der Waals surface area contributed by atoms with E-state index < -0.39 is 22.7 Å². The molecule has 0 aliphatic rings. The molecule has 0 saturated carbocycles. The number of amides is 1. The van der Waals surface area contributed by atoms with Crippen LogP contribution in [0, 0.1) is 5.41 Å². The third-order valence-corrected chi connectivity index (χ3v) is 3.99. The first-order valence-corrected chi connectivity index (χ1v) is 8.36. The zero-order valence-corrected chi connectivity index (χ0v) is 15.3. The summed E-state index contributed by atoms with van der Waals surface area (Å²) in [5.74, 6) is -0.500. The Hall–Kier alpha value is -3.23. The van der Waals surface area contributed by atoms with E-state index in [0.29, 0.717) is 0 Å². The number of hydrogen-bond donors (Lipinski definition) is 2. The number of anilines is 1. The lowest BCUT2D eigenvalue weighted by atomic mass is 9.96. The molecule has 0 aliphatic carbocycles. The number of halogens is 3. The van der Waals surface area contributed by atoms with Crippen molar-refractivity contribution in [2.75, 3.05) is 5.32 Å². The molecule has 2 heterocycles. The molecule has 3 aromatic rings. The SMILES string of the molecule is CC(C)(C)C(=O)Nc1nc2nc(-c3ccccc3C(F)(F)F)ccc2c(=O)[nH]1. The molecule has 0 saturated heterocycles. The molecule has 0 aliphatic heterocycles. The van der Waals surface area contributed by atoms with Gasteiger partial charge in [-0.1, -0.05) is 39.0 Å². The van der Waals surface area contributed by atoms with Crippen molar-refractivity contribution in [3.05, 3.63) is 52.3 Å². The van der Waals surface area contributed by atoms with Crippen LogP contribution in [0.5, 0.6) is 0 Å². The standard InChI is InChI=1S/C19H17F3N4O2/c1-18(2,3)16(28)26-17-24-14-11(15(27)25-17)8-9-13(23-14)10-6-4-5-7-12(10)19(20,21)22/h4-9H,1-3H3,(H2,23,24,25,26,27,28). The van der Waals surface area contributed by atoms with E-state index >= 15 is 0 Å². The molecule has 0 radical (unpaired) electrons. The van der Waals surface area contributed by atoms with E-state index in [0.717, 1.165) is 6.07 Å². The lowest BCUT2D eigenvalue weighted by Crippen LogP contribution is -2.29. The van der Waals surface area contributed by atoms with Crippen LogP contribution in [-0.4, -0.2) is 20.9 Å². The van der Waals surface area contributed by atoms with Crippen LogP contribution in [0.15, 0.2) is 41.2 Å². The van der Waals surface area contributed by atoms with E-state index in [2.05, 4.69) is 20.3 Å². The molecule has 0 spiro atoms. The van der Waals surface area contributed by atoms with Crippen molar-refractivity contribution in [3.8, 4) is 11.3 Å². The topological polar surface area (TPSA) is 87.7 Å². The number of alkyl halides is 3. The second kappa shape index (κ2) is 6.74. The number of hydrogen-bond acceptors (Lipinski definition) is 4. The number of aromatic nitrogens is 3. The summed E-state index contributed by atoms with van der Waals surface area (Å²) < 4.78 is 39.9. The second-order valence-corrected chi connectivity index (χ2v) is 7.23. The Balaban J connectivity index is 2.12. The molecule has 0 atom stereocenters. The van der Waals surface area contributed by atoms with Gasteiger partial charge in [-0.05, 0) is 18.2 Å². The Morgan fingerprint density at radius 1 is 1.04 bits per heavy atom. The number of pyridine rings is 1. The van der Waals surface area contributed by atoms with Gasteiger partial charge in [0, 0.05) is 11.0 Å². The van der Waals surface area contributed by atoms with E-state index in [1.54, 1.807) is 20.8 Å². The predicted octanol–water partition coefficient (Wildman–Crippen LogP) is 3.99. The van der Waals surface area contributed by atoms with Crippen molar-refractivity contribution in [2.45, 2.75) is 26.9 Å². The molecule has 2 aromatic heterocycles. The number of carbonyl (C=O) groups excluding carboxylic acids is 1. The molecule has 0 fully saturated rings. The first-order chi connectivity index (χ1) is 13.0. The number of fused-ring (bicyclic) bond motifs is 1. The fourth-order valence-corrected chi connectivity index (χ4v) is 2.48. The van der Waals surface area contributed by atoms with E-state index in [9.17, 15) is 22.8 Å². The van der Waals surface area contributed by atoms with Crippen LogP contribution in [0.3, 0.4) is 0 Å². The van der Waals surface area contributed by atoms with E-state index in [1.165, 1.54) is 30.3 Å². The minimum Gasteiger partial charge on any atom is -0.296 e. The van der Waals surface area contributed by atoms with Gasteiger partial charge in [-0.25, -0.2) is 4.98 Å². The van der Waals surface area contributed by atoms with Crippen molar-refractivity contribution in [3.63, 3.8) is 0 Å². The maximum Gasteiger partial charge on any atom is 0.417 e. The molecule has 9 heteroatoms. The highest BCUT2D eigenvalue weighted by Crippen LogP contribution is 2.36. The van der Waals surface area contributed by atoms with Crippen LogP contribution < -0.4 is 10.9 Å². The molecule has 146 valence electrons. The van der Waals surface area contributed by atoms with Gasteiger partial charge in [0.2, 0.25) is 11.9 Å². The predicted molar refractivity (Wildman–Crippen MR) is 98.7 cm³/mol. The summed E-state index contributed by atoms with van der Waals surface area (Å²) in [6.07, 6.45) is -4.55. The molecule has 0 unspecified atom stereocenters. The van der Waals surface area contributed by atoms with Gasteiger partial charge in [0.05, 0.1) is 16.6 Å². The van der Waals surface area contributed by atoms with Gasteiger partial charge >= 0.3 is 6.18 Å². The number of aromatic amines is 1. The third-order valence-electron chi connectivity index (χ3n) is 3.99. The Bertz CT molecular complexity index is 1110. The first kappa shape index (κ1) is 19.5. The van der Waals surface area contributed by atoms with Crippen molar-refractivity contribution >= 4 is 22.9 Å². The van der Waals surface area contributed by atoms with Crippen LogP contribution in [0.1, 0.15) is 26.3 Å². The molecule has 1 aromatic carbocycles. The molecule has 2 N–H and O–H groups in total. The van der Waals surface area contributed by atoms with Crippen LogP contribution in [-0.2, 0) is 11.0 Å². The van der Waals surface area contributed by atoms with Crippen molar-refractivity contribution < 1.29 is 18.0 Å².